The van der Waals surface area contributed by atoms with Gasteiger partial charge < -0.3 is 20.1 Å². The minimum Gasteiger partial charge on any atom is -0.338 e. The van der Waals surface area contributed by atoms with E-state index in [1.54, 1.807) is 22.9 Å². The molecule has 3 N–H and O–H groups in total. The maximum atomic E-state index is 15.9. The van der Waals surface area contributed by atoms with Gasteiger partial charge in [-0.2, -0.15) is 0 Å². The van der Waals surface area contributed by atoms with Crippen molar-refractivity contribution in [3.8, 4) is 5.82 Å². The molecule has 0 bridgehead atoms. The van der Waals surface area contributed by atoms with E-state index >= 15 is 8.78 Å². The maximum Gasteiger partial charge on any atom is 0.262 e. The van der Waals surface area contributed by atoms with Crippen LogP contribution in [0.3, 0.4) is 0 Å². The Morgan fingerprint density at radius 1 is 0.980 bits per heavy atom. The molecule has 0 radical (unpaired) electrons. The van der Waals surface area contributed by atoms with Crippen LogP contribution in [0.15, 0.2) is 84.1 Å². The number of carbonyl (C=O) groups excluding carboxylic acids is 1. The normalized spacial score (nSPS) is 14.0. The van der Waals surface area contributed by atoms with Crippen LogP contribution in [0.2, 0.25) is 5.02 Å². The number of hydrogen-bond acceptors (Lipinski definition) is 8. The van der Waals surface area contributed by atoms with Gasteiger partial charge in [-0.1, -0.05) is 35.9 Å². The summed E-state index contributed by atoms with van der Waals surface area (Å²) in [4.78, 5) is 28.7. The van der Waals surface area contributed by atoms with Crippen LogP contribution < -0.4 is 15.4 Å². The Morgan fingerprint density at radius 2 is 1.76 bits per heavy atom. The number of likely N-dealkylation sites (tertiary alicyclic amines) is 1. The lowest BCUT2D eigenvalue weighted by atomic mass is 10.0. The van der Waals surface area contributed by atoms with Crippen molar-refractivity contribution in [3.63, 3.8) is 0 Å². The Hall–Kier alpha value is -5.18. The molecule has 0 unspecified atom stereocenters. The summed E-state index contributed by atoms with van der Waals surface area (Å²) >= 11 is 6.11. The summed E-state index contributed by atoms with van der Waals surface area (Å²) < 4.78 is 61.4. The number of rotatable bonds is 8. The van der Waals surface area contributed by atoms with Gasteiger partial charge in [0.25, 0.3) is 15.9 Å². The number of halogens is 3. The van der Waals surface area contributed by atoms with Gasteiger partial charge in [0.1, 0.15) is 29.2 Å². The van der Waals surface area contributed by atoms with E-state index in [1.165, 1.54) is 31.5 Å². The Labute approximate surface area is 291 Å². The molecule has 7 rings (SSSR count). The van der Waals surface area contributed by atoms with E-state index in [-0.39, 0.29) is 32.7 Å². The molecule has 0 aliphatic carbocycles. The third kappa shape index (κ3) is 6.10. The zero-order valence-electron chi connectivity index (χ0n) is 26.9. The summed E-state index contributed by atoms with van der Waals surface area (Å²) in [6.07, 6.45) is 4.69. The van der Waals surface area contributed by atoms with E-state index in [1.807, 2.05) is 36.2 Å². The standard InChI is InChI=1S/C35H31ClF2N8O3S/c1-20-24(36)7-5-9-29(20)50(48,49)44-26-11-10-25(37)32(31(26)38)43-34-33-27(40-19-41-34)12-13-30(42-33)46-18-23(22-6-3-4-8-28(22)46)35(47)45-16-14-21(39-2)15-17-45/h3-13,18-19,21,39,44H,14-17H2,1-2H3,(H,40,41,43). The molecular formula is C35H31ClF2N8O3S. The average molecular weight is 717 g/mol. The first-order valence-electron chi connectivity index (χ1n) is 15.8. The van der Waals surface area contributed by atoms with Crippen molar-refractivity contribution >= 4 is 66.7 Å². The van der Waals surface area contributed by atoms with Crippen LogP contribution in [0.25, 0.3) is 27.8 Å². The van der Waals surface area contributed by atoms with E-state index < -0.39 is 33.0 Å². The summed E-state index contributed by atoms with van der Waals surface area (Å²) in [6, 6.07) is 17.5. The second-order valence-electron chi connectivity index (χ2n) is 11.9. The number of anilines is 3. The van der Waals surface area contributed by atoms with Gasteiger partial charge in [0.2, 0.25) is 0 Å². The molecule has 1 amide bonds. The minimum atomic E-state index is -4.29. The predicted molar refractivity (Wildman–Crippen MR) is 189 cm³/mol. The number of fused-ring (bicyclic) bond motifs is 2. The van der Waals surface area contributed by atoms with Gasteiger partial charge in [-0.15, -0.1) is 0 Å². The van der Waals surface area contributed by atoms with Crippen molar-refractivity contribution < 1.29 is 22.0 Å². The molecule has 50 heavy (non-hydrogen) atoms. The van der Waals surface area contributed by atoms with Gasteiger partial charge in [-0.25, -0.2) is 32.2 Å². The fraction of sp³-hybridized carbons (Fsp3) is 0.200. The molecule has 1 saturated heterocycles. The summed E-state index contributed by atoms with van der Waals surface area (Å²) in [6.45, 7) is 2.80. The van der Waals surface area contributed by atoms with Crippen LogP contribution in [0.5, 0.6) is 0 Å². The monoisotopic (exact) mass is 716 g/mol. The topological polar surface area (TPSA) is 134 Å². The highest BCUT2D eigenvalue weighted by atomic mass is 35.5. The quantitative estimate of drug-likeness (QED) is 0.161. The first-order chi connectivity index (χ1) is 24.1. The van der Waals surface area contributed by atoms with Crippen molar-refractivity contribution in [2.24, 2.45) is 0 Å². The number of pyridine rings is 1. The summed E-state index contributed by atoms with van der Waals surface area (Å²) in [5, 5.41) is 6.93. The zero-order valence-corrected chi connectivity index (χ0v) is 28.5. The van der Waals surface area contributed by atoms with Gasteiger partial charge in [-0.05, 0) is 74.8 Å². The van der Waals surface area contributed by atoms with Crippen LogP contribution in [-0.2, 0) is 10.0 Å². The number of benzene rings is 3. The summed E-state index contributed by atoms with van der Waals surface area (Å²) in [5.41, 5.74) is 0.964. The Kier molecular flexibility index (Phi) is 8.84. The van der Waals surface area contributed by atoms with Crippen molar-refractivity contribution in [2.45, 2.75) is 30.7 Å². The number of amides is 1. The number of hydrogen-bond donors (Lipinski definition) is 3. The highest BCUT2D eigenvalue weighted by molar-refractivity contribution is 7.92. The van der Waals surface area contributed by atoms with Gasteiger partial charge in [-0.3, -0.25) is 9.52 Å². The Bertz CT molecular complexity index is 2400. The number of nitrogens with one attached hydrogen (secondary N) is 3. The summed E-state index contributed by atoms with van der Waals surface area (Å²) in [5.74, 6) is -1.88. The third-order valence-electron chi connectivity index (χ3n) is 8.93. The van der Waals surface area contributed by atoms with Gasteiger partial charge >= 0.3 is 0 Å². The molecule has 1 aliphatic rings. The van der Waals surface area contributed by atoms with Crippen molar-refractivity contribution in [2.75, 3.05) is 30.2 Å². The predicted octanol–water partition coefficient (Wildman–Crippen LogP) is 6.58. The molecule has 0 atom stereocenters. The van der Waals surface area contributed by atoms with Crippen LogP contribution >= 0.6 is 11.6 Å². The lowest BCUT2D eigenvalue weighted by molar-refractivity contribution is 0.0709. The molecule has 1 fully saturated rings. The fourth-order valence-corrected chi connectivity index (χ4v) is 7.74. The van der Waals surface area contributed by atoms with Crippen LogP contribution in [0, 0.1) is 18.6 Å². The third-order valence-corrected chi connectivity index (χ3v) is 10.9. The minimum absolute atomic E-state index is 0.0273. The summed E-state index contributed by atoms with van der Waals surface area (Å²) in [7, 11) is -2.36. The Morgan fingerprint density at radius 3 is 2.54 bits per heavy atom. The number of carbonyl (C=O) groups is 1. The zero-order chi connectivity index (χ0) is 35.2. The van der Waals surface area contributed by atoms with Crippen molar-refractivity contribution in [1.29, 1.82) is 0 Å². The molecule has 0 spiro atoms. The highest BCUT2D eigenvalue weighted by Crippen LogP contribution is 2.33. The molecule has 3 aromatic carbocycles. The molecular weight excluding hydrogens is 686 g/mol. The number of aromatic nitrogens is 4. The highest BCUT2D eigenvalue weighted by Gasteiger charge is 2.27. The van der Waals surface area contributed by atoms with Crippen LogP contribution in [0.4, 0.5) is 26.0 Å². The maximum absolute atomic E-state index is 15.9. The molecule has 3 aromatic heterocycles. The van der Waals surface area contributed by atoms with E-state index in [9.17, 15) is 13.2 Å². The van der Waals surface area contributed by atoms with Gasteiger partial charge in [0, 0.05) is 35.7 Å². The van der Waals surface area contributed by atoms with Crippen molar-refractivity contribution in [1.82, 2.24) is 29.7 Å². The second-order valence-corrected chi connectivity index (χ2v) is 14.0. The van der Waals surface area contributed by atoms with Crippen LogP contribution in [-0.4, -0.2) is 64.9 Å². The molecule has 0 saturated carbocycles. The van der Waals surface area contributed by atoms with E-state index in [0.717, 1.165) is 35.9 Å². The van der Waals surface area contributed by atoms with E-state index in [2.05, 4.69) is 25.3 Å². The van der Waals surface area contributed by atoms with E-state index in [4.69, 9.17) is 16.6 Å². The second kappa shape index (κ2) is 13.3. The molecule has 1 aliphatic heterocycles. The van der Waals surface area contributed by atoms with Crippen molar-refractivity contribution in [3.05, 3.63) is 107 Å². The average Bonchev–Trinajstić information content (AvgIpc) is 3.51. The van der Waals surface area contributed by atoms with Gasteiger partial charge in [0.15, 0.2) is 11.6 Å². The lowest BCUT2D eigenvalue weighted by Crippen LogP contribution is -2.43. The SMILES string of the molecule is CNC1CCN(C(=O)c2cn(-c3ccc4ncnc(Nc5c(F)ccc(NS(=O)(=O)c6cccc(Cl)c6C)c5F)c4n3)c3ccccc23)CC1. The Balaban J connectivity index is 1.24. The van der Waals surface area contributed by atoms with Crippen LogP contribution in [0.1, 0.15) is 28.8 Å². The number of nitrogens with zero attached hydrogens (tertiary/aromatic N) is 5. The lowest BCUT2D eigenvalue weighted by Gasteiger charge is -2.31. The van der Waals surface area contributed by atoms with E-state index in [0.29, 0.717) is 36.0 Å². The molecule has 15 heteroatoms. The first kappa shape index (κ1) is 33.3. The molecule has 6 aromatic rings. The fourth-order valence-electron chi connectivity index (χ4n) is 6.18. The smallest absolute Gasteiger partial charge is 0.262 e. The molecule has 11 nitrogen and oxygen atoms in total. The van der Waals surface area contributed by atoms with Gasteiger partial charge in [0.05, 0.1) is 27.2 Å². The number of para-hydroxylation sites is 1. The largest absolute Gasteiger partial charge is 0.338 e. The number of piperidine rings is 1. The first-order valence-corrected chi connectivity index (χ1v) is 17.6. The molecule has 256 valence electrons. The molecule has 4 heterocycles. The number of sulfonamides is 1.